The molecule has 44 heavy (non-hydrogen) atoms. The molecule has 0 aliphatic rings. The van der Waals surface area contributed by atoms with Crippen LogP contribution in [0.15, 0.2) is 125 Å². The maximum atomic E-state index is 13.4. The third kappa shape index (κ3) is 5.69. The van der Waals surface area contributed by atoms with Gasteiger partial charge in [-0.25, -0.2) is 8.42 Å². The van der Waals surface area contributed by atoms with Crippen molar-refractivity contribution in [3.8, 4) is 22.3 Å². The Labute approximate surface area is 250 Å². The van der Waals surface area contributed by atoms with Crippen molar-refractivity contribution in [3.63, 3.8) is 0 Å². The highest BCUT2D eigenvalue weighted by Crippen LogP contribution is 2.37. The van der Waals surface area contributed by atoms with E-state index in [9.17, 15) is 31.5 Å². The van der Waals surface area contributed by atoms with Gasteiger partial charge in [-0.3, -0.25) is 4.79 Å². The third-order valence-electron chi connectivity index (χ3n) is 7.35. The summed E-state index contributed by atoms with van der Waals surface area (Å²) in [6, 6.07) is 31.6. The Hall–Kier alpha value is -4.93. The minimum absolute atomic E-state index is 0.0143. The lowest BCUT2D eigenvalue weighted by Gasteiger charge is -2.21. The minimum Gasteiger partial charge on any atom is -0.480 e. The number of aliphatic carboxylic acids is 1. The molecular weight excluding hydrogens is 591 g/mol. The topological polar surface area (TPSA) is 87.8 Å². The molecule has 0 aliphatic heterocycles. The van der Waals surface area contributed by atoms with E-state index in [1.807, 2.05) is 66.7 Å². The Morgan fingerprint density at radius 2 is 1.36 bits per heavy atom. The molecule has 0 aliphatic carbocycles. The van der Waals surface area contributed by atoms with Crippen molar-refractivity contribution in [3.05, 3.63) is 126 Å². The average Bonchev–Trinajstić information content (AvgIpc) is 3.39. The molecule has 1 N–H and O–H groups in total. The van der Waals surface area contributed by atoms with Crippen molar-refractivity contribution in [2.45, 2.75) is 17.6 Å². The number of carboxylic acid groups (broad SMARTS) is 1. The number of carbonyl (C=O) groups is 1. The van der Waals surface area contributed by atoms with Gasteiger partial charge in [0.15, 0.2) is 0 Å². The molecule has 5 aromatic carbocycles. The number of nitrogens with zero attached hydrogens (tertiary/aromatic N) is 1. The van der Waals surface area contributed by atoms with Crippen LogP contribution in [0.2, 0.25) is 0 Å². The van der Waals surface area contributed by atoms with E-state index < -0.39 is 40.8 Å². The van der Waals surface area contributed by atoms with Gasteiger partial charge < -0.3 is 9.52 Å². The number of carboxylic acids is 1. The number of hydrogen-bond acceptors (Lipinski definition) is 4. The largest absolute Gasteiger partial charge is 0.480 e. The van der Waals surface area contributed by atoms with Crippen LogP contribution < -0.4 is 0 Å². The van der Waals surface area contributed by atoms with Gasteiger partial charge in [0.05, 0.1) is 10.5 Å². The van der Waals surface area contributed by atoms with Crippen LogP contribution in [0.5, 0.6) is 0 Å². The standard InChI is InChI=1S/C34H24F3NO5S/c35-34(36,37)26-6-3-5-22(19-26)20-38(21-32(39)40)44(41,42)27-17-15-24(16-18-27)23-11-13-25(14-12-23)28-8-4-10-31-33(28)29-7-1-2-9-30(29)43-31/h1-19H,20-21H2,(H,39,40). The summed E-state index contributed by atoms with van der Waals surface area (Å²) in [5, 5.41) is 11.4. The molecule has 6 rings (SSSR count). The lowest BCUT2D eigenvalue weighted by atomic mass is 9.97. The number of sulfonamides is 1. The normalized spacial score (nSPS) is 12.3. The first-order valence-corrected chi connectivity index (χ1v) is 14.9. The number of rotatable bonds is 8. The molecule has 0 unspecified atom stereocenters. The van der Waals surface area contributed by atoms with Gasteiger partial charge in [0.2, 0.25) is 10.0 Å². The molecule has 222 valence electrons. The van der Waals surface area contributed by atoms with Crippen LogP contribution in [-0.2, 0) is 27.5 Å². The SMILES string of the molecule is O=C(O)CN(Cc1cccc(C(F)(F)F)c1)S(=O)(=O)c1ccc(-c2ccc(-c3cccc4oc5ccccc5c34)cc2)cc1. The van der Waals surface area contributed by atoms with Crippen molar-refractivity contribution in [1.29, 1.82) is 0 Å². The number of hydrogen-bond donors (Lipinski definition) is 1. The van der Waals surface area contributed by atoms with E-state index in [1.165, 1.54) is 18.2 Å². The van der Waals surface area contributed by atoms with Crippen molar-refractivity contribution >= 4 is 37.9 Å². The second-order valence-electron chi connectivity index (χ2n) is 10.2. The molecule has 0 spiro atoms. The Kier molecular flexibility index (Phi) is 7.48. The van der Waals surface area contributed by atoms with Crippen LogP contribution in [0.1, 0.15) is 11.1 Å². The van der Waals surface area contributed by atoms with Crippen LogP contribution in [0.3, 0.4) is 0 Å². The first-order valence-electron chi connectivity index (χ1n) is 13.5. The van der Waals surface area contributed by atoms with Crippen LogP contribution in [0, 0.1) is 0 Å². The van der Waals surface area contributed by atoms with E-state index in [4.69, 9.17) is 4.42 Å². The summed E-state index contributed by atoms with van der Waals surface area (Å²) in [5.41, 5.74) is 4.20. The van der Waals surface area contributed by atoms with Gasteiger partial charge >= 0.3 is 12.1 Å². The van der Waals surface area contributed by atoms with Gasteiger partial charge in [0.25, 0.3) is 0 Å². The predicted octanol–water partition coefficient (Wildman–Crippen LogP) is 8.21. The highest BCUT2D eigenvalue weighted by atomic mass is 32.2. The fourth-order valence-corrected chi connectivity index (χ4v) is 6.63. The summed E-state index contributed by atoms with van der Waals surface area (Å²) in [5.74, 6) is -1.43. The van der Waals surface area contributed by atoms with Crippen LogP contribution in [-0.4, -0.2) is 30.3 Å². The van der Waals surface area contributed by atoms with Crippen LogP contribution in [0.25, 0.3) is 44.2 Å². The van der Waals surface area contributed by atoms with Gasteiger partial charge in [0, 0.05) is 17.3 Å². The Balaban J connectivity index is 1.26. The molecular formula is C34H24F3NO5S. The zero-order chi connectivity index (χ0) is 31.1. The maximum Gasteiger partial charge on any atom is 0.416 e. The van der Waals surface area contributed by atoms with E-state index in [0.717, 1.165) is 62.4 Å². The zero-order valence-corrected chi connectivity index (χ0v) is 23.8. The number of alkyl halides is 3. The number of fused-ring (bicyclic) bond motifs is 3. The summed E-state index contributed by atoms with van der Waals surface area (Å²) < 4.78 is 73.0. The van der Waals surface area contributed by atoms with E-state index in [2.05, 4.69) is 0 Å². The molecule has 0 atom stereocenters. The molecule has 0 amide bonds. The predicted molar refractivity (Wildman–Crippen MR) is 161 cm³/mol. The molecule has 6 aromatic rings. The van der Waals surface area contributed by atoms with E-state index >= 15 is 0 Å². The van der Waals surface area contributed by atoms with Gasteiger partial charge in [-0.2, -0.15) is 17.5 Å². The van der Waals surface area contributed by atoms with Gasteiger partial charge in [0.1, 0.15) is 17.7 Å². The Bertz CT molecular complexity index is 2100. The summed E-state index contributed by atoms with van der Waals surface area (Å²) >= 11 is 0. The highest BCUT2D eigenvalue weighted by molar-refractivity contribution is 7.89. The van der Waals surface area contributed by atoms with Gasteiger partial charge in [-0.1, -0.05) is 84.9 Å². The zero-order valence-electron chi connectivity index (χ0n) is 23.0. The van der Waals surface area contributed by atoms with Crippen molar-refractivity contribution in [1.82, 2.24) is 4.31 Å². The average molecular weight is 616 g/mol. The lowest BCUT2D eigenvalue weighted by molar-refractivity contribution is -0.138. The Morgan fingerprint density at radius 3 is 2.05 bits per heavy atom. The first kappa shape index (κ1) is 29.2. The number of furan rings is 1. The Morgan fingerprint density at radius 1 is 0.750 bits per heavy atom. The monoisotopic (exact) mass is 615 g/mol. The molecule has 0 radical (unpaired) electrons. The summed E-state index contributed by atoms with van der Waals surface area (Å²) in [4.78, 5) is 11.3. The number of para-hydroxylation sites is 1. The molecule has 1 aromatic heterocycles. The first-order chi connectivity index (χ1) is 21.0. The molecule has 6 nitrogen and oxygen atoms in total. The van der Waals surface area contributed by atoms with E-state index in [1.54, 1.807) is 12.1 Å². The fraction of sp³-hybridized carbons (Fsp3) is 0.0882. The number of benzene rings is 5. The highest BCUT2D eigenvalue weighted by Gasteiger charge is 2.32. The summed E-state index contributed by atoms with van der Waals surface area (Å²) in [6.07, 6.45) is -4.62. The van der Waals surface area contributed by atoms with Crippen LogP contribution in [0.4, 0.5) is 13.2 Å². The molecule has 10 heteroatoms. The maximum absolute atomic E-state index is 13.4. The quantitative estimate of drug-likeness (QED) is 0.186. The van der Waals surface area contributed by atoms with Gasteiger partial charge in [-0.15, -0.1) is 0 Å². The third-order valence-corrected chi connectivity index (χ3v) is 9.15. The lowest BCUT2D eigenvalue weighted by Crippen LogP contribution is -2.35. The van der Waals surface area contributed by atoms with Crippen molar-refractivity contribution < 1.29 is 35.9 Å². The summed E-state index contributed by atoms with van der Waals surface area (Å²) in [7, 11) is -4.36. The minimum atomic E-state index is -4.62. The second-order valence-corrected chi connectivity index (χ2v) is 12.2. The molecule has 0 saturated carbocycles. The van der Waals surface area contributed by atoms with Crippen LogP contribution >= 0.6 is 0 Å². The van der Waals surface area contributed by atoms with Gasteiger partial charge in [-0.05, 0) is 58.1 Å². The molecule has 1 heterocycles. The van der Waals surface area contributed by atoms with Crippen molar-refractivity contribution in [2.24, 2.45) is 0 Å². The molecule has 0 fully saturated rings. The van der Waals surface area contributed by atoms with E-state index in [0.29, 0.717) is 4.31 Å². The second kappa shape index (κ2) is 11.3. The molecule has 0 saturated heterocycles. The molecule has 0 bridgehead atoms. The van der Waals surface area contributed by atoms with E-state index in [-0.39, 0.29) is 10.5 Å². The van der Waals surface area contributed by atoms with Crippen molar-refractivity contribution in [2.75, 3.05) is 6.54 Å². The smallest absolute Gasteiger partial charge is 0.416 e. The fourth-order valence-electron chi connectivity index (χ4n) is 5.25. The summed E-state index contributed by atoms with van der Waals surface area (Å²) in [6.45, 7) is -1.46. The number of halogens is 3.